The maximum atomic E-state index is 11.2. The van der Waals surface area contributed by atoms with E-state index in [0.717, 1.165) is 6.42 Å². The van der Waals surface area contributed by atoms with Crippen molar-refractivity contribution in [3.8, 4) is 0 Å². The number of nitrogens with one attached hydrogen (secondary N) is 1. The van der Waals surface area contributed by atoms with Crippen molar-refractivity contribution in [2.45, 2.75) is 24.7 Å². The molecule has 3 unspecified atom stereocenters. The van der Waals surface area contributed by atoms with Gasteiger partial charge < -0.3 is 10.4 Å². The van der Waals surface area contributed by atoms with Gasteiger partial charge in [0.1, 0.15) is 0 Å². The van der Waals surface area contributed by atoms with Crippen LogP contribution in [-0.2, 0) is 10.8 Å². The van der Waals surface area contributed by atoms with Crippen LogP contribution in [0.1, 0.15) is 25.0 Å². The third-order valence-corrected chi connectivity index (χ3v) is 4.90. The van der Waals surface area contributed by atoms with Crippen LogP contribution < -0.4 is 5.32 Å². The van der Waals surface area contributed by atoms with Crippen molar-refractivity contribution in [3.63, 3.8) is 0 Å². The molecule has 3 atom stereocenters. The molecule has 1 aromatic carbocycles. The van der Waals surface area contributed by atoms with Crippen molar-refractivity contribution in [1.29, 1.82) is 0 Å². The van der Waals surface area contributed by atoms with Gasteiger partial charge in [0.15, 0.2) is 0 Å². The summed E-state index contributed by atoms with van der Waals surface area (Å²) in [5.74, 6) is 0. The van der Waals surface area contributed by atoms with Crippen LogP contribution in [0.5, 0.6) is 0 Å². The van der Waals surface area contributed by atoms with E-state index in [-0.39, 0.29) is 5.25 Å². The summed E-state index contributed by atoms with van der Waals surface area (Å²) in [5, 5.41) is 14.4. The Kier molecular flexibility index (Phi) is 7.32. The van der Waals surface area contributed by atoms with Gasteiger partial charge in [-0.3, -0.25) is 4.21 Å². The molecular formula is C13H19Cl2NO2S. The normalized spacial score (nSPS) is 16.1. The molecule has 2 N–H and O–H groups in total. The first-order valence-corrected chi connectivity index (χ1v) is 8.45. The molecule has 0 saturated heterocycles. The molecule has 0 aliphatic heterocycles. The zero-order chi connectivity index (χ0) is 14.4. The van der Waals surface area contributed by atoms with Gasteiger partial charge in [-0.2, -0.15) is 0 Å². The molecule has 0 fully saturated rings. The molecule has 0 amide bonds. The smallest absolute Gasteiger partial charge is 0.0929 e. The lowest BCUT2D eigenvalue weighted by Crippen LogP contribution is -2.25. The molecule has 0 aliphatic carbocycles. The highest BCUT2D eigenvalue weighted by Crippen LogP contribution is 2.25. The molecule has 0 radical (unpaired) electrons. The number of aliphatic hydroxyl groups is 1. The molecule has 108 valence electrons. The minimum atomic E-state index is -0.808. The molecule has 0 heterocycles. The third kappa shape index (κ3) is 5.79. The summed E-state index contributed by atoms with van der Waals surface area (Å²) < 4.78 is 11.2. The molecule has 0 spiro atoms. The van der Waals surface area contributed by atoms with Crippen molar-refractivity contribution in [2.75, 3.05) is 19.3 Å². The van der Waals surface area contributed by atoms with Crippen LogP contribution in [0, 0.1) is 0 Å². The number of rotatable bonds is 7. The average Bonchev–Trinajstić information content (AvgIpc) is 2.36. The Bertz CT molecular complexity index is 443. The highest BCUT2D eigenvalue weighted by molar-refractivity contribution is 7.84. The SMILES string of the molecule is CC(CCNCC(O)c1cc(Cl)ccc1Cl)S(C)=O. The van der Waals surface area contributed by atoms with Crippen LogP contribution in [0.4, 0.5) is 0 Å². The molecule has 19 heavy (non-hydrogen) atoms. The van der Waals surface area contributed by atoms with Crippen LogP contribution in [0.15, 0.2) is 18.2 Å². The predicted molar refractivity (Wildman–Crippen MR) is 82.4 cm³/mol. The maximum absolute atomic E-state index is 11.2. The van der Waals surface area contributed by atoms with Crippen LogP contribution >= 0.6 is 23.2 Å². The average molecular weight is 324 g/mol. The fourth-order valence-corrected chi connectivity index (χ4v) is 2.46. The Morgan fingerprint density at radius 2 is 2.11 bits per heavy atom. The summed E-state index contributed by atoms with van der Waals surface area (Å²) >= 11 is 11.9. The van der Waals surface area contributed by atoms with E-state index in [0.29, 0.717) is 28.7 Å². The molecule has 0 saturated carbocycles. The van der Waals surface area contributed by atoms with E-state index < -0.39 is 16.9 Å². The predicted octanol–water partition coefficient (Wildman–Crippen LogP) is 2.77. The summed E-state index contributed by atoms with van der Waals surface area (Å²) in [6, 6.07) is 5.02. The second-order valence-corrected chi connectivity index (χ2v) is 7.13. The monoisotopic (exact) mass is 323 g/mol. The summed E-state index contributed by atoms with van der Waals surface area (Å²) in [6.45, 7) is 3.04. The van der Waals surface area contributed by atoms with Crippen molar-refractivity contribution < 1.29 is 9.32 Å². The Morgan fingerprint density at radius 3 is 2.74 bits per heavy atom. The molecule has 6 heteroatoms. The Balaban J connectivity index is 2.41. The van der Waals surface area contributed by atoms with Gasteiger partial charge in [0, 0.05) is 44.5 Å². The minimum absolute atomic E-state index is 0.152. The summed E-state index contributed by atoms with van der Waals surface area (Å²) in [6.07, 6.45) is 1.80. The van der Waals surface area contributed by atoms with Crippen molar-refractivity contribution in [2.24, 2.45) is 0 Å². The lowest BCUT2D eigenvalue weighted by Gasteiger charge is -2.15. The van der Waals surface area contributed by atoms with Crippen LogP contribution in [0.3, 0.4) is 0 Å². The number of hydrogen-bond acceptors (Lipinski definition) is 3. The van der Waals surface area contributed by atoms with Crippen molar-refractivity contribution in [1.82, 2.24) is 5.32 Å². The first-order valence-electron chi connectivity index (χ1n) is 6.07. The second-order valence-electron chi connectivity index (χ2n) is 4.48. The van der Waals surface area contributed by atoms with Gasteiger partial charge in [-0.1, -0.05) is 30.1 Å². The molecule has 0 aromatic heterocycles. The van der Waals surface area contributed by atoms with Crippen molar-refractivity contribution in [3.05, 3.63) is 33.8 Å². The fraction of sp³-hybridized carbons (Fsp3) is 0.538. The minimum Gasteiger partial charge on any atom is -0.387 e. The van der Waals surface area contributed by atoms with Gasteiger partial charge in [-0.05, 0) is 31.2 Å². The van der Waals surface area contributed by atoms with Gasteiger partial charge >= 0.3 is 0 Å². The Hall–Kier alpha value is -0.130. The number of benzene rings is 1. The number of aliphatic hydroxyl groups excluding tert-OH is 1. The van der Waals surface area contributed by atoms with Gasteiger partial charge in [-0.25, -0.2) is 0 Å². The van der Waals surface area contributed by atoms with E-state index in [9.17, 15) is 9.32 Å². The van der Waals surface area contributed by atoms with Gasteiger partial charge in [0.05, 0.1) is 6.10 Å². The zero-order valence-corrected chi connectivity index (χ0v) is 13.4. The van der Waals surface area contributed by atoms with Crippen LogP contribution in [0.25, 0.3) is 0 Å². The van der Waals surface area contributed by atoms with E-state index >= 15 is 0 Å². The fourth-order valence-electron chi connectivity index (χ4n) is 1.59. The van der Waals surface area contributed by atoms with Gasteiger partial charge in [0.25, 0.3) is 0 Å². The number of halogens is 2. The molecule has 0 bridgehead atoms. The first kappa shape index (κ1) is 16.9. The molecule has 1 rings (SSSR count). The quantitative estimate of drug-likeness (QED) is 0.758. The lowest BCUT2D eigenvalue weighted by atomic mass is 10.1. The van der Waals surface area contributed by atoms with E-state index in [4.69, 9.17) is 23.2 Å². The topological polar surface area (TPSA) is 49.3 Å². The molecule has 1 aromatic rings. The third-order valence-electron chi connectivity index (χ3n) is 2.95. The van der Waals surface area contributed by atoms with E-state index in [1.807, 2.05) is 6.92 Å². The highest BCUT2D eigenvalue weighted by atomic mass is 35.5. The Morgan fingerprint density at radius 1 is 1.42 bits per heavy atom. The lowest BCUT2D eigenvalue weighted by molar-refractivity contribution is 0.175. The standard InChI is InChI=1S/C13H19Cl2NO2S/c1-9(19(2)18)5-6-16-8-13(17)11-7-10(14)3-4-12(11)15/h3-4,7,9,13,16-17H,5-6,8H2,1-2H3. The van der Waals surface area contributed by atoms with Crippen LogP contribution in [0.2, 0.25) is 10.0 Å². The summed E-state index contributed by atoms with van der Waals surface area (Å²) in [4.78, 5) is 0. The van der Waals surface area contributed by atoms with Gasteiger partial charge in [0.2, 0.25) is 0 Å². The largest absolute Gasteiger partial charge is 0.387 e. The zero-order valence-electron chi connectivity index (χ0n) is 11.0. The number of hydrogen-bond donors (Lipinski definition) is 2. The van der Waals surface area contributed by atoms with E-state index in [1.165, 1.54) is 0 Å². The maximum Gasteiger partial charge on any atom is 0.0929 e. The first-order chi connectivity index (χ1) is 8.91. The van der Waals surface area contributed by atoms with Gasteiger partial charge in [-0.15, -0.1) is 0 Å². The molecular weight excluding hydrogens is 305 g/mol. The van der Waals surface area contributed by atoms with E-state index in [1.54, 1.807) is 24.5 Å². The van der Waals surface area contributed by atoms with Crippen molar-refractivity contribution >= 4 is 34.0 Å². The summed E-state index contributed by atoms with van der Waals surface area (Å²) in [7, 11) is -0.808. The Labute approximate surface area is 126 Å². The van der Waals surface area contributed by atoms with E-state index in [2.05, 4.69) is 5.32 Å². The summed E-state index contributed by atoms with van der Waals surface area (Å²) in [5.41, 5.74) is 0.619. The molecule has 0 aliphatic rings. The van der Waals surface area contributed by atoms with Crippen LogP contribution in [-0.4, -0.2) is 33.9 Å². The molecule has 3 nitrogen and oxygen atoms in total. The second kappa shape index (κ2) is 8.22. The highest BCUT2D eigenvalue weighted by Gasteiger charge is 2.12.